The standard InChI is InChI=1S/C16H12BrN5O2/c1-10(23)11-3-2-4-13(9-11)18-16(24)15-19-21-22(20-15)14-7-5-12(17)6-8-14/h2-9H,1H3,(H,18,24). The summed E-state index contributed by atoms with van der Waals surface area (Å²) in [5.74, 6) is -0.643. The number of ketones is 1. The third kappa shape index (κ3) is 3.54. The molecule has 0 spiro atoms. The summed E-state index contributed by atoms with van der Waals surface area (Å²) in [4.78, 5) is 24.9. The highest BCUT2D eigenvalue weighted by Gasteiger charge is 2.14. The predicted molar refractivity (Wildman–Crippen MR) is 91.3 cm³/mol. The van der Waals surface area contributed by atoms with Gasteiger partial charge in [0.25, 0.3) is 11.7 Å². The third-order valence-corrected chi connectivity index (χ3v) is 3.73. The Morgan fingerprint density at radius 2 is 1.88 bits per heavy atom. The van der Waals surface area contributed by atoms with Crippen molar-refractivity contribution in [3.05, 3.63) is 64.4 Å². The molecule has 0 aliphatic rings. The van der Waals surface area contributed by atoms with E-state index in [1.807, 2.05) is 12.1 Å². The summed E-state index contributed by atoms with van der Waals surface area (Å²) in [5.41, 5.74) is 1.69. The minimum absolute atomic E-state index is 0.0638. The summed E-state index contributed by atoms with van der Waals surface area (Å²) in [6, 6.07) is 13.9. The molecule has 1 amide bonds. The highest BCUT2D eigenvalue weighted by Crippen LogP contribution is 2.14. The van der Waals surface area contributed by atoms with Gasteiger partial charge in [0.1, 0.15) is 0 Å². The van der Waals surface area contributed by atoms with Crippen molar-refractivity contribution in [2.24, 2.45) is 0 Å². The van der Waals surface area contributed by atoms with Crippen LogP contribution in [0.5, 0.6) is 0 Å². The van der Waals surface area contributed by atoms with Gasteiger partial charge in [0, 0.05) is 15.7 Å². The number of hydrogen-bond acceptors (Lipinski definition) is 5. The van der Waals surface area contributed by atoms with E-state index < -0.39 is 5.91 Å². The van der Waals surface area contributed by atoms with Gasteiger partial charge in [0.2, 0.25) is 0 Å². The minimum atomic E-state index is -0.501. The smallest absolute Gasteiger partial charge is 0.297 e. The highest BCUT2D eigenvalue weighted by atomic mass is 79.9. The molecule has 1 aromatic heterocycles. The van der Waals surface area contributed by atoms with Crippen LogP contribution in [0.2, 0.25) is 0 Å². The van der Waals surface area contributed by atoms with Gasteiger partial charge in [-0.1, -0.05) is 28.1 Å². The van der Waals surface area contributed by atoms with Gasteiger partial charge in [-0.15, -0.1) is 15.0 Å². The van der Waals surface area contributed by atoms with Crippen molar-refractivity contribution < 1.29 is 9.59 Å². The average molecular weight is 386 g/mol. The number of halogens is 1. The van der Waals surface area contributed by atoms with Gasteiger partial charge in [-0.25, -0.2) is 0 Å². The molecule has 0 bridgehead atoms. The molecule has 3 rings (SSSR count). The molecule has 0 aliphatic heterocycles. The quantitative estimate of drug-likeness (QED) is 0.697. The topological polar surface area (TPSA) is 89.8 Å². The molecule has 0 aliphatic carbocycles. The molecule has 7 nitrogen and oxygen atoms in total. The predicted octanol–water partition coefficient (Wildman–Crippen LogP) is 2.88. The lowest BCUT2D eigenvalue weighted by atomic mass is 10.1. The lowest BCUT2D eigenvalue weighted by molar-refractivity contribution is 0.100. The number of nitrogens with one attached hydrogen (secondary N) is 1. The second kappa shape index (κ2) is 6.71. The van der Waals surface area contributed by atoms with Crippen LogP contribution in [0.4, 0.5) is 5.69 Å². The molecule has 0 unspecified atom stereocenters. The first-order chi connectivity index (χ1) is 11.5. The fourth-order valence-electron chi connectivity index (χ4n) is 1.99. The van der Waals surface area contributed by atoms with Crippen molar-refractivity contribution in [2.75, 3.05) is 5.32 Å². The second-order valence-corrected chi connectivity index (χ2v) is 5.89. The van der Waals surface area contributed by atoms with Gasteiger partial charge in [0.15, 0.2) is 5.78 Å². The van der Waals surface area contributed by atoms with Crippen LogP contribution in [0.25, 0.3) is 5.69 Å². The molecule has 0 saturated heterocycles. The molecule has 8 heteroatoms. The number of nitrogens with zero attached hydrogens (tertiary/aromatic N) is 4. The number of carbonyl (C=O) groups excluding carboxylic acids is 2. The maximum absolute atomic E-state index is 12.2. The first-order valence-electron chi connectivity index (χ1n) is 7.01. The molecular weight excluding hydrogens is 374 g/mol. The maximum Gasteiger partial charge on any atom is 0.297 e. The van der Waals surface area contributed by atoms with Crippen LogP contribution in [-0.4, -0.2) is 31.9 Å². The summed E-state index contributed by atoms with van der Waals surface area (Å²) in [5, 5.41) is 14.3. The Balaban J connectivity index is 1.77. The number of carbonyl (C=O) groups is 2. The summed E-state index contributed by atoms with van der Waals surface area (Å²) < 4.78 is 0.926. The van der Waals surface area contributed by atoms with Crippen LogP contribution in [0.1, 0.15) is 27.9 Å². The van der Waals surface area contributed by atoms with E-state index >= 15 is 0 Å². The summed E-state index contributed by atoms with van der Waals surface area (Å²) in [6.07, 6.45) is 0. The van der Waals surface area contributed by atoms with Crippen molar-refractivity contribution in [2.45, 2.75) is 6.92 Å². The Labute approximate surface area is 145 Å². The fraction of sp³-hybridized carbons (Fsp3) is 0.0625. The number of Topliss-reactive ketones (excluding diaryl/α,β-unsaturated/α-hetero) is 1. The number of benzene rings is 2. The lowest BCUT2D eigenvalue weighted by Gasteiger charge is -2.03. The molecule has 0 saturated carbocycles. The van der Waals surface area contributed by atoms with Crippen molar-refractivity contribution in [3.8, 4) is 5.69 Å². The molecule has 2 aromatic carbocycles. The monoisotopic (exact) mass is 385 g/mol. The normalized spacial score (nSPS) is 10.4. The lowest BCUT2D eigenvalue weighted by Crippen LogP contribution is -2.14. The van der Waals surface area contributed by atoms with Crippen LogP contribution < -0.4 is 5.32 Å². The van der Waals surface area contributed by atoms with Crippen LogP contribution >= 0.6 is 15.9 Å². The fourth-order valence-corrected chi connectivity index (χ4v) is 2.26. The largest absolute Gasteiger partial charge is 0.319 e. The van der Waals surface area contributed by atoms with Gasteiger partial charge in [-0.2, -0.15) is 0 Å². The number of hydrogen-bond donors (Lipinski definition) is 1. The summed E-state index contributed by atoms with van der Waals surface area (Å²) >= 11 is 3.35. The number of anilines is 1. The van der Waals surface area contributed by atoms with Gasteiger partial charge < -0.3 is 5.32 Å². The molecule has 0 fully saturated rings. The van der Waals surface area contributed by atoms with E-state index in [1.54, 1.807) is 36.4 Å². The van der Waals surface area contributed by atoms with Crippen LogP contribution in [0.3, 0.4) is 0 Å². The molecule has 24 heavy (non-hydrogen) atoms. The van der Waals surface area contributed by atoms with Gasteiger partial charge in [0.05, 0.1) is 5.69 Å². The van der Waals surface area contributed by atoms with E-state index in [-0.39, 0.29) is 11.6 Å². The number of rotatable bonds is 4. The van der Waals surface area contributed by atoms with Crippen molar-refractivity contribution in [1.82, 2.24) is 20.2 Å². The Kier molecular flexibility index (Phi) is 4.48. The van der Waals surface area contributed by atoms with Crippen molar-refractivity contribution in [3.63, 3.8) is 0 Å². The van der Waals surface area contributed by atoms with E-state index in [2.05, 4.69) is 36.7 Å². The number of amides is 1. The molecule has 120 valence electrons. The Hall–Kier alpha value is -2.87. The second-order valence-electron chi connectivity index (χ2n) is 4.97. The molecule has 3 aromatic rings. The van der Waals surface area contributed by atoms with E-state index in [0.29, 0.717) is 16.9 Å². The number of tetrazole rings is 1. The zero-order valence-corrected chi connectivity index (χ0v) is 14.2. The minimum Gasteiger partial charge on any atom is -0.319 e. The number of aromatic nitrogens is 4. The maximum atomic E-state index is 12.2. The Morgan fingerprint density at radius 3 is 2.58 bits per heavy atom. The third-order valence-electron chi connectivity index (χ3n) is 3.20. The van der Waals surface area contributed by atoms with E-state index in [1.165, 1.54) is 11.7 Å². The Bertz CT molecular complexity index is 905. The van der Waals surface area contributed by atoms with Gasteiger partial charge in [-0.3, -0.25) is 9.59 Å². The molecule has 0 radical (unpaired) electrons. The highest BCUT2D eigenvalue weighted by molar-refractivity contribution is 9.10. The first kappa shape index (κ1) is 16.0. The first-order valence-corrected chi connectivity index (χ1v) is 7.80. The van der Waals surface area contributed by atoms with Gasteiger partial charge in [-0.05, 0) is 48.5 Å². The van der Waals surface area contributed by atoms with Crippen LogP contribution in [0.15, 0.2) is 53.0 Å². The van der Waals surface area contributed by atoms with Gasteiger partial charge >= 0.3 is 0 Å². The SMILES string of the molecule is CC(=O)c1cccc(NC(=O)c2nnn(-c3ccc(Br)cc3)n2)c1. The summed E-state index contributed by atoms with van der Waals surface area (Å²) in [7, 11) is 0. The summed E-state index contributed by atoms with van der Waals surface area (Å²) in [6.45, 7) is 1.46. The average Bonchev–Trinajstić information content (AvgIpc) is 3.06. The molecular formula is C16H12BrN5O2. The molecule has 1 N–H and O–H groups in total. The molecule has 1 heterocycles. The van der Waals surface area contributed by atoms with E-state index in [4.69, 9.17) is 0 Å². The van der Waals surface area contributed by atoms with Crippen molar-refractivity contribution >= 4 is 33.3 Å². The zero-order valence-electron chi connectivity index (χ0n) is 12.6. The van der Waals surface area contributed by atoms with Crippen LogP contribution in [0, 0.1) is 0 Å². The van der Waals surface area contributed by atoms with Crippen LogP contribution in [-0.2, 0) is 0 Å². The Morgan fingerprint density at radius 1 is 1.12 bits per heavy atom. The van der Waals surface area contributed by atoms with E-state index in [9.17, 15) is 9.59 Å². The molecule has 0 atom stereocenters. The van der Waals surface area contributed by atoms with E-state index in [0.717, 1.165) is 4.47 Å². The zero-order chi connectivity index (χ0) is 17.1. The van der Waals surface area contributed by atoms with Crippen molar-refractivity contribution in [1.29, 1.82) is 0 Å².